The third kappa shape index (κ3) is 3.38. The molecule has 102 valence electrons. The Morgan fingerprint density at radius 1 is 1.47 bits per heavy atom. The standard InChI is InChI=1S/C11H16N6O2/c1-2-3-4-5-19-17-10(18)9-14-7-6-13-11(12)16-8(7)15-9/h6H,2-5H2,1H3,(H,17,18)(H3,12,13,14,15,16). The van der Waals surface area contributed by atoms with Crippen molar-refractivity contribution >= 4 is 23.0 Å². The fourth-order valence-electron chi connectivity index (χ4n) is 1.52. The summed E-state index contributed by atoms with van der Waals surface area (Å²) in [5.74, 6) is -0.222. The highest BCUT2D eigenvalue weighted by Gasteiger charge is 2.12. The summed E-state index contributed by atoms with van der Waals surface area (Å²) in [5, 5.41) is 0. The van der Waals surface area contributed by atoms with Gasteiger partial charge in [0.1, 0.15) is 5.52 Å². The van der Waals surface area contributed by atoms with Gasteiger partial charge in [-0.2, -0.15) is 4.98 Å². The van der Waals surface area contributed by atoms with Crippen LogP contribution < -0.4 is 11.2 Å². The molecule has 0 aromatic carbocycles. The number of unbranched alkanes of at least 4 members (excludes halogenated alkanes) is 2. The fourth-order valence-corrected chi connectivity index (χ4v) is 1.52. The number of nitrogens with two attached hydrogens (primary N) is 1. The Balaban J connectivity index is 1.94. The van der Waals surface area contributed by atoms with E-state index < -0.39 is 5.91 Å². The predicted octanol–water partition coefficient (Wildman–Crippen LogP) is 0.787. The number of rotatable bonds is 6. The van der Waals surface area contributed by atoms with Gasteiger partial charge in [-0.25, -0.2) is 15.4 Å². The van der Waals surface area contributed by atoms with Gasteiger partial charge in [0.15, 0.2) is 5.65 Å². The fraction of sp³-hybridized carbons (Fsp3) is 0.455. The van der Waals surface area contributed by atoms with Gasteiger partial charge in [0, 0.05) is 0 Å². The van der Waals surface area contributed by atoms with E-state index in [2.05, 4.69) is 32.3 Å². The summed E-state index contributed by atoms with van der Waals surface area (Å²) in [6, 6.07) is 0. The minimum Gasteiger partial charge on any atom is -0.368 e. The second kappa shape index (κ2) is 6.10. The van der Waals surface area contributed by atoms with E-state index in [1.54, 1.807) is 0 Å². The van der Waals surface area contributed by atoms with Crippen LogP contribution in [0.3, 0.4) is 0 Å². The van der Waals surface area contributed by atoms with Crippen molar-refractivity contribution in [2.24, 2.45) is 0 Å². The third-order valence-corrected chi connectivity index (χ3v) is 2.49. The van der Waals surface area contributed by atoms with E-state index >= 15 is 0 Å². The van der Waals surface area contributed by atoms with Crippen molar-refractivity contribution in [3.05, 3.63) is 12.0 Å². The number of aromatic amines is 1. The summed E-state index contributed by atoms with van der Waals surface area (Å²) in [6.45, 7) is 2.58. The molecule has 1 amide bonds. The molecule has 0 atom stereocenters. The Morgan fingerprint density at radius 2 is 2.32 bits per heavy atom. The SMILES string of the molecule is CCCCCONC(=O)c1nc2nc(N)ncc2[nH]1. The molecule has 0 unspecified atom stereocenters. The smallest absolute Gasteiger partial charge is 0.310 e. The van der Waals surface area contributed by atoms with Crippen molar-refractivity contribution in [2.75, 3.05) is 12.3 Å². The first-order valence-electron chi connectivity index (χ1n) is 6.11. The highest BCUT2D eigenvalue weighted by atomic mass is 16.6. The molecule has 0 spiro atoms. The maximum atomic E-state index is 11.7. The van der Waals surface area contributed by atoms with Crippen molar-refractivity contribution in [3.63, 3.8) is 0 Å². The number of hydrogen-bond acceptors (Lipinski definition) is 6. The third-order valence-electron chi connectivity index (χ3n) is 2.49. The average molecular weight is 264 g/mol. The Kier molecular flexibility index (Phi) is 4.24. The van der Waals surface area contributed by atoms with Crippen LogP contribution in [0.25, 0.3) is 11.2 Å². The molecular weight excluding hydrogens is 248 g/mol. The van der Waals surface area contributed by atoms with Gasteiger partial charge in [0.05, 0.1) is 12.8 Å². The molecule has 0 bridgehead atoms. The molecule has 0 aliphatic rings. The first-order chi connectivity index (χ1) is 9.20. The number of carbonyl (C=O) groups excluding carboxylic acids is 1. The van der Waals surface area contributed by atoms with Crippen LogP contribution in [0.5, 0.6) is 0 Å². The van der Waals surface area contributed by atoms with E-state index in [1.807, 2.05) is 0 Å². The average Bonchev–Trinajstić information content (AvgIpc) is 2.81. The lowest BCUT2D eigenvalue weighted by atomic mass is 10.3. The van der Waals surface area contributed by atoms with Crippen molar-refractivity contribution < 1.29 is 9.63 Å². The number of hydroxylamine groups is 1. The van der Waals surface area contributed by atoms with Gasteiger partial charge in [-0.3, -0.25) is 9.63 Å². The number of nitrogens with one attached hydrogen (secondary N) is 2. The Morgan fingerprint density at radius 3 is 3.11 bits per heavy atom. The van der Waals surface area contributed by atoms with Crippen LogP contribution in [0.1, 0.15) is 36.8 Å². The molecule has 2 aromatic heterocycles. The van der Waals surface area contributed by atoms with Crippen LogP contribution in [-0.2, 0) is 4.84 Å². The molecule has 0 fully saturated rings. The highest BCUT2D eigenvalue weighted by Crippen LogP contribution is 2.08. The van der Waals surface area contributed by atoms with Gasteiger partial charge in [-0.1, -0.05) is 19.8 Å². The number of aromatic nitrogens is 4. The Bertz CT molecular complexity index is 567. The monoisotopic (exact) mass is 264 g/mol. The van der Waals surface area contributed by atoms with Gasteiger partial charge >= 0.3 is 5.91 Å². The molecule has 0 radical (unpaired) electrons. The van der Waals surface area contributed by atoms with Crippen molar-refractivity contribution in [1.29, 1.82) is 0 Å². The topological polar surface area (TPSA) is 119 Å². The number of nitrogen functional groups attached to an aromatic ring is 1. The van der Waals surface area contributed by atoms with Crippen molar-refractivity contribution in [3.8, 4) is 0 Å². The van der Waals surface area contributed by atoms with Crippen LogP contribution in [-0.4, -0.2) is 32.4 Å². The van der Waals surface area contributed by atoms with E-state index in [1.165, 1.54) is 6.20 Å². The summed E-state index contributed by atoms with van der Waals surface area (Å²) in [7, 11) is 0. The maximum Gasteiger partial charge on any atom is 0.310 e. The number of hydrogen-bond donors (Lipinski definition) is 3. The van der Waals surface area contributed by atoms with Crippen LogP contribution in [0.4, 0.5) is 5.95 Å². The molecule has 0 aliphatic heterocycles. The lowest BCUT2D eigenvalue weighted by Gasteiger charge is -2.02. The number of amides is 1. The molecular formula is C11H16N6O2. The van der Waals surface area contributed by atoms with Gasteiger partial charge in [0.2, 0.25) is 11.8 Å². The molecule has 4 N–H and O–H groups in total. The summed E-state index contributed by atoms with van der Waals surface area (Å²) >= 11 is 0. The number of imidazole rings is 1. The Hall–Kier alpha value is -2.22. The number of fused-ring (bicyclic) bond motifs is 1. The molecule has 0 saturated heterocycles. The lowest BCUT2D eigenvalue weighted by molar-refractivity contribution is 0.0290. The minimum atomic E-state index is -0.451. The van der Waals surface area contributed by atoms with Crippen LogP contribution in [0.15, 0.2) is 6.20 Å². The molecule has 2 aromatic rings. The van der Waals surface area contributed by atoms with E-state index in [4.69, 9.17) is 10.6 Å². The number of carbonyl (C=O) groups is 1. The molecule has 0 saturated carbocycles. The molecule has 8 nitrogen and oxygen atoms in total. The van der Waals surface area contributed by atoms with Crippen molar-refractivity contribution in [2.45, 2.75) is 26.2 Å². The maximum absolute atomic E-state index is 11.7. The molecule has 19 heavy (non-hydrogen) atoms. The quantitative estimate of drug-likeness (QED) is 0.524. The highest BCUT2D eigenvalue weighted by molar-refractivity contribution is 5.92. The zero-order valence-electron chi connectivity index (χ0n) is 10.6. The lowest BCUT2D eigenvalue weighted by Crippen LogP contribution is -2.25. The zero-order chi connectivity index (χ0) is 13.7. The van der Waals surface area contributed by atoms with Gasteiger partial charge in [0.25, 0.3) is 0 Å². The van der Waals surface area contributed by atoms with E-state index in [0.717, 1.165) is 19.3 Å². The minimum absolute atomic E-state index is 0.113. The van der Waals surface area contributed by atoms with E-state index in [0.29, 0.717) is 17.8 Å². The first kappa shape index (κ1) is 13.2. The van der Waals surface area contributed by atoms with Crippen LogP contribution in [0.2, 0.25) is 0 Å². The molecule has 2 heterocycles. The van der Waals surface area contributed by atoms with Crippen molar-refractivity contribution in [1.82, 2.24) is 25.4 Å². The predicted molar refractivity (Wildman–Crippen MR) is 69.0 cm³/mol. The second-order valence-electron chi connectivity index (χ2n) is 4.04. The summed E-state index contributed by atoms with van der Waals surface area (Å²) < 4.78 is 0. The summed E-state index contributed by atoms with van der Waals surface area (Å²) in [6.07, 6.45) is 4.54. The van der Waals surface area contributed by atoms with Gasteiger partial charge < -0.3 is 10.7 Å². The number of nitrogens with zero attached hydrogens (tertiary/aromatic N) is 3. The number of H-pyrrole nitrogens is 1. The molecule has 0 aliphatic carbocycles. The molecule has 2 rings (SSSR count). The summed E-state index contributed by atoms with van der Waals surface area (Å²) in [5.41, 5.74) is 8.65. The largest absolute Gasteiger partial charge is 0.368 e. The first-order valence-corrected chi connectivity index (χ1v) is 6.11. The van der Waals surface area contributed by atoms with Crippen LogP contribution in [0, 0.1) is 0 Å². The van der Waals surface area contributed by atoms with Gasteiger partial charge in [-0.05, 0) is 6.42 Å². The van der Waals surface area contributed by atoms with E-state index in [-0.39, 0.29) is 11.8 Å². The van der Waals surface area contributed by atoms with Gasteiger partial charge in [-0.15, -0.1) is 0 Å². The normalized spacial score (nSPS) is 10.8. The van der Waals surface area contributed by atoms with E-state index in [9.17, 15) is 4.79 Å². The second-order valence-corrected chi connectivity index (χ2v) is 4.04. The molecule has 8 heteroatoms. The number of anilines is 1. The van der Waals surface area contributed by atoms with Crippen LogP contribution >= 0.6 is 0 Å². The Labute approximate surface area is 109 Å². The zero-order valence-corrected chi connectivity index (χ0v) is 10.6. The summed E-state index contributed by atoms with van der Waals surface area (Å²) in [4.78, 5) is 31.3.